The molecule has 5 rings (SSSR count). The molecule has 4 aromatic rings. The molecule has 1 amide bonds. The minimum Gasteiger partial charge on any atom is -0.507 e. The summed E-state index contributed by atoms with van der Waals surface area (Å²) in [6.45, 7) is 4.44. The number of Topliss-reactive ketones (excluding diaryl/α,β-unsaturated/α-hetero) is 1. The van der Waals surface area contributed by atoms with Gasteiger partial charge in [0.1, 0.15) is 17.6 Å². The number of aryl methyl sites for hydroxylation is 1. The molecule has 0 bridgehead atoms. The minimum atomic E-state index is -1.01. The Morgan fingerprint density at radius 3 is 2.46 bits per heavy atom. The molecule has 0 unspecified atom stereocenters. The van der Waals surface area contributed by atoms with Crippen LogP contribution in [0.4, 0.5) is 5.13 Å². The molecule has 1 aliphatic heterocycles. The maximum atomic E-state index is 13.6. The van der Waals surface area contributed by atoms with Gasteiger partial charge in [-0.25, -0.2) is 4.98 Å². The average Bonchev–Trinajstić information content (AvgIpc) is 3.49. The number of anilines is 1. The number of carbonyl (C=O) groups excluding carboxylic acids is 2. The van der Waals surface area contributed by atoms with Gasteiger partial charge in [0.15, 0.2) is 16.6 Å². The third-order valence-electron chi connectivity index (χ3n) is 6.67. The van der Waals surface area contributed by atoms with Crippen LogP contribution in [-0.2, 0) is 16.0 Å². The van der Waals surface area contributed by atoms with Crippen LogP contribution >= 0.6 is 11.3 Å². The number of aliphatic hydroxyl groups is 1. The fourth-order valence-corrected chi connectivity index (χ4v) is 5.82. The Balaban J connectivity index is 1.74. The van der Waals surface area contributed by atoms with E-state index in [1.54, 1.807) is 42.5 Å². The van der Waals surface area contributed by atoms with Crippen LogP contribution in [0, 0.1) is 0 Å². The second-order valence-electron chi connectivity index (χ2n) is 8.86. The second-order valence-corrected chi connectivity index (χ2v) is 9.87. The van der Waals surface area contributed by atoms with Crippen molar-refractivity contribution in [2.45, 2.75) is 26.3 Å². The van der Waals surface area contributed by atoms with Crippen molar-refractivity contribution in [2.24, 2.45) is 0 Å². The molecule has 9 heteroatoms. The molecule has 3 aromatic carbocycles. The van der Waals surface area contributed by atoms with Crippen molar-refractivity contribution in [1.82, 2.24) is 4.98 Å². The summed E-state index contributed by atoms with van der Waals surface area (Å²) in [6.07, 6.45) is 0.858. The van der Waals surface area contributed by atoms with E-state index < -0.39 is 17.7 Å². The summed E-state index contributed by atoms with van der Waals surface area (Å²) in [6, 6.07) is 16.9. The summed E-state index contributed by atoms with van der Waals surface area (Å²) in [7, 11) is 3.00. The van der Waals surface area contributed by atoms with E-state index in [-0.39, 0.29) is 11.3 Å². The van der Waals surface area contributed by atoms with Crippen LogP contribution in [0.1, 0.15) is 36.6 Å². The number of carbonyl (C=O) groups is 2. The van der Waals surface area contributed by atoms with E-state index in [2.05, 4.69) is 6.92 Å². The summed E-state index contributed by atoms with van der Waals surface area (Å²) >= 11 is 1.32. The number of nitrogens with zero attached hydrogens (tertiary/aromatic N) is 2. The first-order valence-corrected chi connectivity index (χ1v) is 13.4. The van der Waals surface area contributed by atoms with Crippen LogP contribution in [0.25, 0.3) is 16.0 Å². The highest BCUT2D eigenvalue weighted by Crippen LogP contribution is 2.48. The van der Waals surface area contributed by atoms with Crippen LogP contribution in [0.3, 0.4) is 0 Å². The normalized spacial score (nSPS) is 16.6. The van der Waals surface area contributed by atoms with Gasteiger partial charge in [0, 0.05) is 11.1 Å². The van der Waals surface area contributed by atoms with E-state index in [0.29, 0.717) is 40.1 Å². The van der Waals surface area contributed by atoms with E-state index in [9.17, 15) is 14.7 Å². The number of amides is 1. The molecule has 1 atom stereocenters. The Kier molecular flexibility index (Phi) is 7.26. The number of ether oxygens (including phenoxy) is 3. The van der Waals surface area contributed by atoms with E-state index in [0.717, 1.165) is 22.2 Å². The van der Waals surface area contributed by atoms with Crippen molar-refractivity contribution in [2.75, 3.05) is 25.7 Å². The number of hydrogen-bond acceptors (Lipinski definition) is 8. The molecule has 0 radical (unpaired) electrons. The zero-order valence-electron chi connectivity index (χ0n) is 22.1. The Hall–Kier alpha value is -4.37. The third kappa shape index (κ3) is 4.59. The Morgan fingerprint density at radius 1 is 1.03 bits per heavy atom. The summed E-state index contributed by atoms with van der Waals surface area (Å²) in [5.41, 5.74) is 2.65. The number of rotatable bonds is 8. The standard InChI is InChI=1S/C30H28N2O6S/c1-5-17-10-15-21-23(16-17)39-30(31-21)32-25(20-8-7-9-22(36-3)28(20)37-4)24(27(34)29(32)35)26(33)18-11-13-19(14-12-18)38-6-2/h7-16,25,33H,5-6H2,1-4H3/b26-24+/t25-/m0/s1. The van der Waals surface area contributed by atoms with Gasteiger partial charge in [-0.2, -0.15) is 0 Å². The van der Waals surface area contributed by atoms with Gasteiger partial charge in [-0.3, -0.25) is 14.5 Å². The number of para-hydroxylation sites is 1. The zero-order chi connectivity index (χ0) is 27.7. The summed E-state index contributed by atoms with van der Waals surface area (Å²) in [5.74, 6) is -0.496. The lowest BCUT2D eigenvalue weighted by atomic mass is 9.94. The lowest BCUT2D eigenvalue weighted by molar-refractivity contribution is -0.132. The number of hydrogen-bond donors (Lipinski definition) is 1. The lowest BCUT2D eigenvalue weighted by Crippen LogP contribution is -2.29. The number of aromatic nitrogens is 1. The molecule has 1 fully saturated rings. The number of thiazole rings is 1. The van der Waals surface area contributed by atoms with Gasteiger partial charge in [-0.1, -0.05) is 36.5 Å². The fraction of sp³-hybridized carbons (Fsp3) is 0.233. The van der Waals surface area contributed by atoms with Crippen LogP contribution in [0.15, 0.2) is 66.2 Å². The number of fused-ring (bicyclic) bond motifs is 1. The van der Waals surface area contributed by atoms with Crippen LogP contribution in [0.2, 0.25) is 0 Å². The smallest absolute Gasteiger partial charge is 0.301 e. The molecule has 2 heterocycles. The Bertz CT molecular complexity index is 1590. The molecule has 39 heavy (non-hydrogen) atoms. The first-order valence-electron chi connectivity index (χ1n) is 12.6. The monoisotopic (exact) mass is 544 g/mol. The molecule has 1 N–H and O–H groups in total. The highest BCUT2D eigenvalue weighted by atomic mass is 32.1. The van der Waals surface area contributed by atoms with Crippen molar-refractivity contribution in [3.05, 3.63) is 82.9 Å². The van der Waals surface area contributed by atoms with Gasteiger partial charge in [0.25, 0.3) is 5.78 Å². The van der Waals surface area contributed by atoms with Crippen molar-refractivity contribution in [1.29, 1.82) is 0 Å². The molecule has 1 aromatic heterocycles. The number of ketones is 1. The van der Waals surface area contributed by atoms with E-state index >= 15 is 0 Å². The highest BCUT2D eigenvalue weighted by Gasteiger charge is 2.49. The maximum Gasteiger partial charge on any atom is 0.301 e. The van der Waals surface area contributed by atoms with Gasteiger partial charge < -0.3 is 19.3 Å². The summed E-state index contributed by atoms with van der Waals surface area (Å²) < 4.78 is 17.6. The summed E-state index contributed by atoms with van der Waals surface area (Å²) in [5, 5.41) is 11.8. The summed E-state index contributed by atoms with van der Waals surface area (Å²) in [4.78, 5) is 33.3. The van der Waals surface area contributed by atoms with Gasteiger partial charge in [0.05, 0.1) is 36.6 Å². The fourth-order valence-electron chi connectivity index (χ4n) is 4.76. The van der Waals surface area contributed by atoms with E-state index in [1.165, 1.54) is 30.5 Å². The first-order chi connectivity index (χ1) is 18.9. The molecule has 0 saturated carbocycles. The van der Waals surface area contributed by atoms with Gasteiger partial charge in [0.2, 0.25) is 0 Å². The number of benzene rings is 3. The maximum absolute atomic E-state index is 13.6. The van der Waals surface area contributed by atoms with Gasteiger partial charge in [-0.05, 0) is 61.4 Å². The molecular weight excluding hydrogens is 516 g/mol. The quantitative estimate of drug-likeness (QED) is 0.168. The molecule has 0 aliphatic carbocycles. The Labute approximate surface area is 230 Å². The lowest BCUT2D eigenvalue weighted by Gasteiger charge is -2.25. The predicted octanol–water partition coefficient (Wildman–Crippen LogP) is 5.90. The topological polar surface area (TPSA) is 98.2 Å². The van der Waals surface area contributed by atoms with E-state index in [1.807, 2.05) is 25.1 Å². The van der Waals surface area contributed by atoms with Crippen LogP contribution < -0.4 is 19.1 Å². The predicted molar refractivity (Wildman–Crippen MR) is 151 cm³/mol. The van der Waals surface area contributed by atoms with Crippen molar-refractivity contribution in [3.8, 4) is 17.2 Å². The highest BCUT2D eigenvalue weighted by molar-refractivity contribution is 7.22. The van der Waals surface area contributed by atoms with E-state index in [4.69, 9.17) is 19.2 Å². The second kappa shape index (κ2) is 10.8. The van der Waals surface area contributed by atoms with Crippen LogP contribution in [-0.4, -0.2) is 42.6 Å². The van der Waals surface area contributed by atoms with Crippen molar-refractivity contribution in [3.63, 3.8) is 0 Å². The average molecular weight is 545 g/mol. The molecule has 1 saturated heterocycles. The molecule has 8 nitrogen and oxygen atoms in total. The molecule has 0 spiro atoms. The minimum absolute atomic E-state index is 0.0655. The zero-order valence-corrected chi connectivity index (χ0v) is 22.9. The first kappa shape index (κ1) is 26.2. The molecule has 1 aliphatic rings. The largest absolute Gasteiger partial charge is 0.507 e. The molecular formula is C30H28N2O6S. The van der Waals surface area contributed by atoms with Crippen molar-refractivity contribution >= 4 is 44.1 Å². The number of methoxy groups -OCH3 is 2. The van der Waals surface area contributed by atoms with Crippen molar-refractivity contribution < 1.29 is 28.9 Å². The van der Waals surface area contributed by atoms with Crippen LogP contribution in [0.5, 0.6) is 17.2 Å². The Morgan fingerprint density at radius 2 is 1.79 bits per heavy atom. The molecule has 200 valence electrons. The van der Waals surface area contributed by atoms with Gasteiger partial charge in [-0.15, -0.1) is 0 Å². The SMILES string of the molecule is CCOc1ccc(/C(O)=C2\C(=O)C(=O)N(c3nc4ccc(CC)cc4s3)[C@H]2c2cccc(OC)c2OC)cc1. The number of aliphatic hydroxyl groups excluding tert-OH is 1. The van der Waals surface area contributed by atoms with Gasteiger partial charge >= 0.3 is 5.91 Å². The third-order valence-corrected chi connectivity index (χ3v) is 7.68.